The lowest BCUT2D eigenvalue weighted by molar-refractivity contribution is -0.143. The third-order valence-electron chi connectivity index (χ3n) is 4.94. The predicted molar refractivity (Wildman–Crippen MR) is 123 cm³/mol. The summed E-state index contributed by atoms with van der Waals surface area (Å²) in [6.45, 7) is 2.04. The van der Waals surface area contributed by atoms with E-state index in [1.54, 1.807) is 24.1 Å². The summed E-state index contributed by atoms with van der Waals surface area (Å²) in [5.41, 5.74) is 1.46. The molecule has 9 heteroatoms. The summed E-state index contributed by atoms with van der Waals surface area (Å²) in [6, 6.07) is 14.0. The second-order valence-corrected chi connectivity index (χ2v) is 8.03. The molecular weight excluding hydrogens is 457 g/mol. The van der Waals surface area contributed by atoms with Crippen molar-refractivity contribution in [3.63, 3.8) is 0 Å². The van der Waals surface area contributed by atoms with Gasteiger partial charge in [-0.25, -0.2) is 0 Å². The summed E-state index contributed by atoms with van der Waals surface area (Å²) in [6.07, 6.45) is 1.71. The first-order chi connectivity index (χ1) is 15.0. The highest BCUT2D eigenvalue weighted by atomic mass is 35.5. The fourth-order valence-electron chi connectivity index (χ4n) is 3.58. The summed E-state index contributed by atoms with van der Waals surface area (Å²) >= 11 is 18.1. The van der Waals surface area contributed by atoms with Crippen molar-refractivity contribution in [2.45, 2.75) is 19.0 Å². The standard InChI is InChI=1S/C22H19Cl2N3O3S/c1-2-29-18(28)12-27-21(20(26-22(27)31)15-8-3-4-11-25-15)17-10-9-16(30-17)13-6-5-7-14(23)19(13)24/h3-11,20-21H,2,12H2,1H3,(H,26,31). The molecule has 0 spiro atoms. The number of rotatable bonds is 6. The summed E-state index contributed by atoms with van der Waals surface area (Å²) in [7, 11) is 0. The van der Waals surface area contributed by atoms with Crippen molar-refractivity contribution < 1.29 is 13.9 Å². The van der Waals surface area contributed by atoms with Crippen molar-refractivity contribution in [3.05, 3.63) is 76.2 Å². The number of thiocarbonyl (C=S) groups is 1. The largest absolute Gasteiger partial charge is 0.465 e. The average Bonchev–Trinajstić information content (AvgIpc) is 3.36. The monoisotopic (exact) mass is 475 g/mol. The first-order valence-corrected chi connectivity index (χ1v) is 10.8. The zero-order valence-electron chi connectivity index (χ0n) is 16.5. The number of pyridine rings is 1. The number of carbonyl (C=O) groups excluding carboxylic acids is 1. The number of halogens is 2. The van der Waals surface area contributed by atoms with Gasteiger partial charge >= 0.3 is 5.97 Å². The van der Waals surface area contributed by atoms with E-state index in [9.17, 15) is 4.79 Å². The number of hydrogen-bond donors (Lipinski definition) is 1. The molecule has 31 heavy (non-hydrogen) atoms. The third-order valence-corrected chi connectivity index (χ3v) is 6.11. The topological polar surface area (TPSA) is 67.6 Å². The van der Waals surface area contributed by atoms with Gasteiger partial charge in [0.25, 0.3) is 0 Å². The molecule has 160 valence electrons. The van der Waals surface area contributed by atoms with Gasteiger partial charge in [-0.15, -0.1) is 0 Å². The van der Waals surface area contributed by atoms with Crippen LogP contribution in [0.1, 0.15) is 30.5 Å². The first kappa shape index (κ1) is 21.6. The quantitative estimate of drug-likeness (QED) is 0.388. The van der Waals surface area contributed by atoms with Crippen LogP contribution in [-0.4, -0.2) is 34.1 Å². The second-order valence-electron chi connectivity index (χ2n) is 6.86. The molecule has 2 unspecified atom stereocenters. The summed E-state index contributed by atoms with van der Waals surface area (Å²) in [5.74, 6) is 0.803. The molecule has 1 saturated heterocycles. The van der Waals surface area contributed by atoms with Gasteiger partial charge in [0.2, 0.25) is 0 Å². The number of nitrogens with one attached hydrogen (secondary N) is 1. The van der Waals surface area contributed by atoms with Crippen molar-refractivity contribution >= 4 is 46.5 Å². The van der Waals surface area contributed by atoms with E-state index in [0.717, 1.165) is 5.69 Å². The number of ether oxygens (including phenoxy) is 1. The van der Waals surface area contributed by atoms with Crippen LogP contribution in [-0.2, 0) is 9.53 Å². The van der Waals surface area contributed by atoms with Gasteiger partial charge in [0.1, 0.15) is 24.1 Å². The van der Waals surface area contributed by atoms with E-state index in [0.29, 0.717) is 38.8 Å². The van der Waals surface area contributed by atoms with Gasteiger partial charge in [0, 0.05) is 11.8 Å². The maximum absolute atomic E-state index is 12.2. The van der Waals surface area contributed by atoms with E-state index < -0.39 is 6.04 Å². The molecule has 1 aliphatic rings. The molecule has 1 aliphatic heterocycles. The van der Waals surface area contributed by atoms with Gasteiger partial charge in [0.15, 0.2) is 5.11 Å². The van der Waals surface area contributed by atoms with Crippen LogP contribution in [0.25, 0.3) is 11.3 Å². The Kier molecular flexibility index (Phi) is 6.46. The van der Waals surface area contributed by atoms with Gasteiger partial charge < -0.3 is 19.4 Å². The molecule has 4 rings (SSSR count). The fourth-order valence-corrected chi connectivity index (χ4v) is 4.28. The highest BCUT2D eigenvalue weighted by molar-refractivity contribution is 7.80. The van der Waals surface area contributed by atoms with Crippen LogP contribution < -0.4 is 5.32 Å². The molecule has 6 nitrogen and oxygen atoms in total. The summed E-state index contributed by atoms with van der Waals surface area (Å²) < 4.78 is 11.3. The number of esters is 1. The van der Waals surface area contributed by atoms with Gasteiger partial charge in [0.05, 0.1) is 28.4 Å². The second kappa shape index (κ2) is 9.26. The lowest BCUT2D eigenvalue weighted by atomic mass is 10.0. The van der Waals surface area contributed by atoms with E-state index in [1.807, 2.05) is 42.5 Å². The molecule has 0 aliphatic carbocycles. The Labute approximate surface area is 195 Å². The Morgan fingerprint density at radius 3 is 2.81 bits per heavy atom. The molecule has 3 heterocycles. The third kappa shape index (κ3) is 4.39. The number of hydrogen-bond acceptors (Lipinski definition) is 5. The van der Waals surface area contributed by atoms with Crippen molar-refractivity contribution in [2.24, 2.45) is 0 Å². The molecule has 0 amide bonds. The molecule has 1 aromatic carbocycles. The lowest BCUT2D eigenvalue weighted by Gasteiger charge is -2.25. The number of aromatic nitrogens is 1. The minimum atomic E-state index is -0.404. The van der Waals surface area contributed by atoms with E-state index in [2.05, 4.69) is 10.3 Å². The zero-order valence-corrected chi connectivity index (χ0v) is 18.9. The van der Waals surface area contributed by atoms with Crippen LogP contribution in [0.2, 0.25) is 10.0 Å². The van der Waals surface area contributed by atoms with Crippen molar-refractivity contribution in [1.29, 1.82) is 0 Å². The van der Waals surface area contributed by atoms with Crippen molar-refractivity contribution in [3.8, 4) is 11.3 Å². The highest BCUT2D eigenvalue weighted by Gasteiger charge is 2.42. The number of carbonyl (C=O) groups is 1. The Hall–Kier alpha value is -2.61. The maximum atomic E-state index is 12.2. The fraction of sp³-hybridized carbons (Fsp3) is 0.227. The van der Waals surface area contributed by atoms with Crippen LogP contribution in [0, 0.1) is 0 Å². The van der Waals surface area contributed by atoms with Gasteiger partial charge in [-0.1, -0.05) is 35.3 Å². The Morgan fingerprint density at radius 2 is 2.06 bits per heavy atom. The number of furan rings is 1. The van der Waals surface area contributed by atoms with Crippen LogP contribution in [0.15, 0.2) is 59.1 Å². The van der Waals surface area contributed by atoms with Gasteiger partial charge in [-0.05, 0) is 55.5 Å². The highest BCUT2D eigenvalue weighted by Crippen LogP contribution is 2.41. The lowest BCUT2D eigenvalue weighted by Crippen LogP contribution is -2.35. The molecule has 0 saturated carbocycles. The molecule has 2 aromatic heterocycles. The number of nitrogens with zero attached hydrogens (tertiary/aromatic N) is 2. The predicted octanol–water partition coefficient (Wildman–Crippen LogP) is 5.18. The van der Waals surface area contributed by atoms with E-state index >= 15 is 0 Å². The summed E-state index contributed by atoms with van der Waals surface area (Å²) in [4.78, 5) is 18.5. The minimum Gasteiger partial charge on any atom is -0.465 e. The van der Waals surface area contributed by atoms with E-state index in [1.165, 1.54) is 0 Å². The molecule has 0 radical (unpaired) electrons. The van der Waals surface area contributed by atoms with Gasteiger partial charge in [-0.2, -0.15) is 0 Å². The van der Waals surface area contributed by atoms with Crippen LogP contribution in [0.4, 0.5) is 0 Å². The van der Waals surface area contributed by atoms with Crippen molar-refractivity contribution in [1.82, 2.24) is 15.2 Å². The molecule has 1 N–H and O–H groups in total. The molecule has 2 atom stereocenters. The number of benzene rings is 1. The normalized spacial score (nSPS) is 18.2. The molecular formula is C22H19Cl2N3O3S. The minimum absolute atomic E-state index is 0.0123. The Bertz CT molecular complexity index is 1110. The van der Waals surface area contributed by atoms with Crippen LogP contribution in [0.3, 0.4) is 0 Å². The SMILES string of the molecule is CCOC(=O)CN1C(=S)NC(c2ccccn2)C1c1ccc(-c2cccc(Cl)c2Cl)o1. The first-order valence-electron chi connectivity index (χ1n) is 9.67. The molecule has 1 fully saturated rings. The molecule has 0 bridgehead atoms. The summed E-state index contributed by atoms with van der Waals surface area (Å²) in [5, 5.41) is 4.54. The average molecular weight is 476 g/mol. The van der Waals surface area contributed by atoms with Gasteiger partial charge in [-0.3, -0.25) is 9.78 Å². The maximum Gasteiger partial charge on any atom is 0.325 e. The van der Waals surface area contributed by atoms with Crippen LogP contribution in [0.5, 0.6) is 0 Å². The van der Waals surface area contributed by atoms with E-state index in [4.69, 9.17) is 44.6 Å². The smallest absolute Gasteiger partial charge is 0.325 e. The van der Waals surface area contributed by atoms with Crippen LogP contribution >= 0.6 is 35.4 Å². The van der Waals surface area contributed by atoms with E-state index in [-0.39, 0.29) is 18.6 Å². The van der Waals surface area contributed by atoms with Crippen molar-refractivity contribution in [2.75, 3.05) is 13.2 Å². The molecule has 3 aromatic rings. The Balaban J connectivity index is 1.73. The Morgan fingerprint density at radius 1 is 1.23 bits per heavy atom. The zero-order chi connectivity index (χ0) is 22.0.